The number of carbonyl (C=O) groups excluding carboxylic acids is 1. The van der Waals surface area contributed by atoms with Crippen molar-refractivity contribution in [2.45, 2.75) is 70.0 Å². The first-order valence-electron chi connectivity index (χ1n) is 14.5. The van der Waals surface area contributed by atoms with E-state index in [1.54, 1.807) is 38.4 Å². The maximum atomic E-state index is 12.6. The molecule has 0 saturated heterocycles. The van der Waals surface area contributed by atoms with Crippen LogP contribution in [-0.4, -0.2) is 76.8 Å². The minimum Gasteiger partial charge on any atom is -0.489 e. The third-order valence-electron chi connectivity index (χ3n) is 7.57. The minimum atomic E-state index is -3.83. The number of carbonyl (C=O) groups is 2. The predicted molar refractivity (Wildman–Crippen MR) is 159 cm³/mol. The Kier molecular flexibility index (Phi) is 10.9. The number of ether oxygens (including phenoxy) is 2. The Hall–Kier alpha value is -4.04. The fraction of sp³-hybridized carbons (Fsp3) is 0.500. The Labute approximate surface area is 257 Å². The molecule has 1 N–H and O–H groups in total. The monoisotopic (exact) mass is 629 g/mol. The first-order chi connectivity index (χ1) is 20.9. The van der Waals surface area contributed by atoms with E-state index in [0.717, 1.165) is 18.4 Å². The smallest absolute Gasteiger partial charge is 0.409 e. The molecule has 2 aromatic heterocycles. The zero-order chi connectivity index (χ0) is 31.9. The van der Waals surface area contributed by atoms with E-state index in [9.17, 15) is 23.1 Å². The highest BCUT2D eigenvalue weighted by Crippen LogP contribution is 2.30. The molecule has 13 nitrogen and oxygen atoms in total. The molecule has 0 aliphatic heterocycles. The van der Waals surface area contributed by atoms with Gasteiger partial charge in [-0.1, -0.05) is 22.9 Å². The molecule has 0 radical (unpaired) electrons. The number of carboxylic acids is 1. The van der Waals surface area contributed by atoms with Crippen molar-refractivity contribution in [1.29, 1.82) is 0 Å². The summed E-state index contributed by atoms with van der Waals surface area (Å²) in [7, 11) is -0.532. The van der Waals surface area contributed by atoms with Crippen molar-refractivity contribution in [3.05, 3.63) is 53.3 Å². The Morgan fingerprint density at radius 3 is 2.55 bits per heavy atom. The van der Waals surface area contributed by atoms with Crippen molar-refractivity contribution < 1.29 is 36.8 Å². The summed E-state index contributed by atoms with van der Waals surface area (Å²) in [5.41, 5.74) is 3.14. The van der Waals surface area contributed by atoms with Crippen LogP contribution < -0.4 is 4.74 Å². The molecule has 0 unspecified atom stereocenters. The lowest BCUT2D eigenvalue weighted by molar-refractivity contribution is -0.143. The van der Waals surface area contributed by atoms with Gasteiger partial charge in [0.2, 0.25) is 0 Å². The topological polar surface area (TPSA) is 163 Å². The van der Waals surface area contributed by atoms with Gasteiger partial charge in [0.05, 0.1) is 34.9 Å². The van der Waals surface area contributed by atoms with E-state index < -0.39 is 28.1 Å². The standard InChI is InChI=1S/C30H39N5O8S/c1-20-10-12-24(13-11-20)44(39,40)42-17-6-5-16-34(3)30(38)41-19-26-28(32-33-35(26)4)25-14-15-27(21(2)31-25)43-23-9-7-8-22(18-23)29(36)37/h10-15,22-23H,5-9,16-19H2,1-4H3,(H,36,37)/t22-,23-/m0/s1. The molecule has 1 fully saturated rings. The molecule has 1 aromatic carbocycles. The Morgan fingerprint density at radius 1 is 1.09 bits per heavy atom. The van der Waals surface area contributed by atoms with Crippen LogP contribution in [0.1, 0.15) is 55.5 Å². The number of benzene rings is 1. The number of pyridine rings is 1. The highest BCUT2D eigenvalue weighted by molar-refractivity contribution is 7.86. The van der Waals surface area contributed by atoms with E-state index in [0.29, 0.717) is 60.8 Å². The Morgan fingerprint density at radius 2 is 1.84 bits per heavy atom. The zero-order valence-electron chi connectivity index (χ0n) is 25.4. The highest BCUT2D eigenvalue weighted by Gasteiger charge is 2.28. The first kappa shape index (κ1) is 32.9. The van der Waals surface area contributed by atoms with E-state index >= 15 is 0 Å². The van der Waals surface area contributed by atoms with E-state index in [-0.39, 0.29) is 24.2 Å². The fourth-order valence-corrected chi connectivity index (χ4v) is 5.87. The van der Waals surface area contributed by atoms with Crippen LogP contribution >= 0.6 is 0 Å². The van der Waals surface area contributed by atoms with Crippen LogP contribution in [0.15, 0.2) is 41.3 Å². The second kappa shape index (κ2) is 14.6. The van der Waals surface area contributed by atoms with Gasteiger partial charge < -0.3 is 19.5 Å². The molecule has 238 valence electrons. The number of unbranched alkanes of at least 4 members (excludes halogenated alkanes) is 1. The molecule has 2 heterocycles. The largest absolute Gasteiger partial charge is 0.489 e. The van der Waals surface area contributed by atoms with Crippen LogP contribution in [0.2, 0.25) is 0 Å². The summed E-state index contributed by atoms with van der Waals surface area (Å²) in [5, 5.41) is 17.6. The third kappa shape index (κ3) is 8.53. The average Bonchev–Trinajstić information content (AvgIpc) is 3.36. The van der Waals surface area contributed by atoms with Crippen LogP contribution in [0, 0.1) is 19.8 Å². The molecule has 44 heavy (non-hydrogen) atoms. The molecule has 1 aliphatic carbocycles. The number of rotatable bonds is 13. The van der Waals surface area contributed by atoms with Crippen LogP contribution in [-0.2, 0) is 37.5 Å². The maximum absolute atomic E-state index is 12.6. The second-order valence-corrected chi connectivity index (χ2v) is 12.6. The normalized spacial score (nSPS) is 16.8. The first-order valence-corrected chi connectivity index (χ1v) is 16.0. The van der Waals surface area contributed by atoms with E-state index in [4.69, 9.17) is 13.7 Å². The van der Waals surface area contributed by atoms with Crippen LogP contribution in [0.5, 0.6) is 5.75 Å². The molecule has 1 aliphatic rings. The minimum absolute atomic E-state index is 0.00288. The van der Waals surface area contributed by atoms with Crippen molar-refractivity contribution in [3.8, 4) is 17.1 Å². The molecular weight excluding hydrogens is 590 g/mol. The van der Waals surface area contributed by atoms with Gasteiger partial charge in [0.25, 0.3) is 10.1 Å². The van der Waals surface area contributed by atoms with Crippen LogP contribution in [0.3, 0.4) is 0 Å². The van der Waals surface area contributed by atoms with E-state index in [2.05, 4.69) is 15.3 Å². The van der Waals surface area contributed by atoms with Gasteiger partial charge in [-0.05, 0) is 76.6 Å². The Balaban J connectivity index is 1.26. The number of aliphatic carboxylic acids is 1. The molecule has 1 saturated carbocycles. The number of nitrogens with zero attached hydrogens (tertiary/aromatic N) is 5. The van der Waals surface area contributed by atoms with Crippen molar-refractivity contribution >= 4 is 22.2 Å². The lowest BCUT2D eigenvalue weighted by Crippen LogP contribution is -2.29. The van der Waals surface area contributed by atoms with Crippen LogP contribution in [0.4, 0.5) is 4.79 Å². The second-order valence-electron chi connectivity index (χ2n) is 11.0. The summed E-state index contributed by atoms with van der Waals surface area (Å²) >= 11 is 0. The fourth-order valence-electron chi connectivity index (χ4n) is 4.92. The molecule has 2 atom stereocenters. The van der Waals surface area contributed by atoms with E-state index in [1.807, 2.05) is 13.8 Å². The Bertz CT molecular complexity index is 1560. The van der Waals surface area contributed by atoms with Crippen molar-refractivity contribution in [2.75, 3.05) is 20.2 Å². The molecule has 1 amide bonds. The number of aryl methyl sites for hydroxylation is 3. The summed E-state index contributed by atoms with van der Waals surface area (Å²) in [6, 6.07) is 9.98. The molecule has 14 heteroatoms. The van der Waals surface area contributed by atoms with Crippen molar-refractivity contribution in [1.82, 2.24) is 24.9 Å². The lowest BCUT2D eigenvalue weighted by atomic mass is 9.87. The third-order valence-corrected chi connectivity index (χ3v) is 8.90. The number of hydrogen-bond donors (Lipinski definition) is 1. The van der Waals surface area contributed by atoms with Gasteiger partial charge in [-0.2, -0.15) is 8.42 Å². The maximum Gasteiger partial charge on any atom is 0.409 e. The SMILES string of the molecule is Cc1ccc(S(=O)(=O)OCCCCN(C)C(=O)OCc2c(-c3ccc(O[C@H]4CCC[C@H](C(=O)O)C4)c(C)n3)nnn2C)cc1. The molecule has 4 rings (SSSR count). The number of carboxylic acid groups (broad SMARTS) is 1. The number of aromatic nitrogens is 4. The van der Waals surface area contributed by atoms with Gasteiger partial charge in [0.1, 0.15) is 23.7 Å². The highest BCUT2D eigenvalue weighted by atomic mass is 32.2. The molecule has 0 spiro atoms. The van der Waals surface area contributed by atoms with Gasteiger partial charge in [-0.15, -0.1) is 5.10 Å². The quantitative estimate of drug-likeness (QED) is 0.212. The predicted octanol–water partition coefficient (Wildman–Crippen LogP) is 4.27. The molecule has 3 aromatic rings. The lowest BCUT2D eigenvalue weighted by Gasteiger charge is -2.27. The van der Waals surface area contributed by atoms with Gasteiger partial charge in [-0.3, -0.25) is 8.98 Å². The molecular formula is C30H39N5O8S. The van der Waals surface area contributed by atoms with Crippen molar-refractivity contribution in [2.24, 2.45) is 13.0 Å². The average molecular weight is 630 g/mol. The summed E-state index contributed by atoms with van der Waals surface area (Å²) < 4.78 is 42.9. The van der Waals surface area contributed by atoms with Crippen LogP contribution in [0.25, 0.3) is 11.4 Å². The summed E-state index contributed by atoms with van der Waals surface area (Å²) in [6.07, 6.45) is 2.95. The molecule has 0 bridgehead atoms. The van der Waals surface area contributed by atoms with Gasteiger partial charge in [0.15, 0.2) is 0 Å². The number of hydrogen-bond acceptors (Lipinski definition) is 10. The zero-order valence-corrected chi connectivity index (χ0v) is 26.2. The van der Waals surface area contributed by atoms with Gasteiger partial charge in [-0.25, -0.2) is 14.5 Å². The van der Waals surface area contributed by atoms with Gasteiger partial charge >= 0.3 is 12.1 Å². The van der Waals surface area contributed by atoms with E-state index in [1.165, 1.54) is 21.7 Å². The van der Waals surface area contributed by atoms with Gasteiger partial charge in [0, 0.05) is 20.6 Å². The summed E-state index contributed by atoms with van der Waals surface area (Å²) in [4.78, 5) is 30.2. The summed E-state index contributed by atoms with van der Waals surface area (Å²) in [5.74, 6) is -0.601. The number of amides is 1. The van der Waals surface area contributed by atoms with Crippen molar-refractivity contribution in [3.63, 3.8) is 0 Å². The summed E-state index contributed by atoms with van der Waals surface area (Å²) in [6.45, 7) is 3.95.